The molecular weight excluding hydrogens is 264 g/mol. The number of carbonyl (C=O) groups is 3. The molecule has 1 rings (SSSR count). The van der Waals surface area contributed by atoms with Gasteiger partial charge in [0.1, 0.15) is 6.04 Å². The summed E-state index contributed by atoms with van der Waals surface area (Å²) in [5, 5.41) is 17.9. The first-order chi connectivity index (χ1) is 8.40. The molecule has 0 fully saturated rings. The molecule has 0 spiro atoms. The van der Waals surface area contributed by atoms with Crippen molar-refractivity contribution in [1.82, 2.24) is 15.5 Å². The van der Waals surface area contributed by atoms with Gasteiger partial charge in [-0.25, -0.2) is 4.79 Å². The molecule has 0 saturated carbocycles. The largest absolute Gasteiger partial charge is 0.480 e. The van der Waals surface area contributed by atoms with Crippen LogP contribution in [-0.2, 0) is 9.59 Å². The molecule has 4 N–H and O–H groups in total. The molecule has 0 saturated heterocycles. The number of primary amides is 1. The molecule has 0 unspecified atom stereocenters. The summed E-state index contributed by atoms with van der Waals surface area (Å²) >= 11 is 5.48. The molecule has 0 aliphatic heterocycles. The smallest absolute Gasteiger partial charge is 0.326 e. The van der Waals surface area contributed by atoms with E-state index in [1.54, 1.807) is 0 Å². The van der Waals surface area contributed by atoms with Crippen LogP contribution in [0.3, 0.4) is 0 Å². The van der Waals surface area contributed by atoms with Gasteiger partial charge in [-0.2, -0.15) is 0 Å². The molecule has 18 heavy (non-hydrogen) atoms. The summed E-state index contributed by atoms with van der Waals surface area (Å²) in [7, 11) is 0. The zero-order valence-electron chi connectivity index (χ0n) is 8.96. The Hall–Kier alpha value is -2.22. The molecule has 0 bridgehead atoms. The number of hydrogen-bond acceptors (Lipinski definition) is 5. The second-order valence-electron chi connectivity index (χ2n) is 3.28. The van der Waals surface area contributed by atoms with E-state index >= 15 is 0 Å². The lowest BCUT2D eigenvalue weighted by molar-refractivity contribution is -0.140. The van der Waals surface area contributed by atoms with Gasteiger partial charge < -0.3 is 16.2 Å². The van der Waals surface area contributed by atoms with Gasteiger partial charge >= 0.3 is 5.97 Å². The van der Waals surface area contributed by atoms with E-state index in [2.05, 4.69) is 15.5 Å². The van der Waals surface area contributed by atoms with Crippen LogP contribution in [0.25, 0.3) is 0 Å². The van der Waals surface area contributed by atoms with Gasteiger partial charge in [0, 0.05) is 0 Å². The number of hydrogen-bond donors (Lipinski definition) is 3. The van der Waals surface area contributed by atoms with E-state index in [1.165, 1.54) is 12.1 Å². The van der Waals surface area contributed by atoms with Crippen molar-refractivity contribution in [2.75, 3.05) is 0 Å². The van der Waals surface area contributed by atoms with Crippen LogP contribution in [-0.4, -0.2) is 39.1 Å². The van der Waals surface area contributed by atoms with E-state index in [4.69, 9.17) is 22.4 Å². The van der Waals surface area contributed by atoms with Gasteiger partial charge in [-0.15, -0.1) is 10.2 Å². The summed E-state index contributed by atoms with van der Waals surface area (Å²) in [5.74, 6) is -3.00. The van der Waals surface area contributed by atoms with Crippen molar-refractivity contribution < 1.29 is 19.5 Å². The number of nitrogens with two attached hydrogens (primary N) is 1. The maximum atomic E-state index is 11.6. The molecule has 9 heteroatoms. The van der Waals surface area contributed by atoms with Crippen molar-refractivity contribution in [2.45, 2.75) is 12.5 Å². The lowest BCUT2D eigenvalue weighted by Gasteiger charge is -2.11. The third-order valence-corrected chi connectivity index (χ3v) is 2.07. The minimum Gasteiger partial charge on any atom is -0.480 e. The number of aliphatic carboxylic acids is 1. The fourth-order valence-corrected chi connectivity index (χ4v) is 1.17. The zero-order valence-corrected chi connectivity index (χ0v) is 9.72. The van der Waals surface area contributed by atoms with Crippen LogP contribution in [0, 0.1) is 0 Å². The third-order valence-electron chi connectivity index (χ3n) is 1.87. The van der Waals surface area contributed by atoms with Crippen LogP contribution < -0.4 is 11.1 Å². The van der Waals surface area contributed by atoms with Gasteiger partial charge in [0.25, 0.3) is 5.91 Å². The Morgan fingerprint density at radius 2 is 2.06 bits per heavy atom. The van der Waals surface area contributed by atoms with E-state index in [9.17, 15) is 14.4 Å². The molecule has 0 aliphatic rings. The highest BCUT2D eigenvalue weighted by molar-refractivity contribution is 6.29. The summed E-state index contributed by atoms with van der Waals surface area (Å²) in [6.07, 6.45) is -0.512. The number of nitrogens with one attached hydrogen (secondary N) is 1. The summed E-state index contributed by atoms with van der Waals surface area (Å²) < 4.78 is 0. The molecule has 0 aliphatic carbocycles. The van der Waals surface area contributed by atoms with Gasteiger partial charge in [-0.05, 0) is 12.1 Å². The van der Waals surface area contributed by atoms with Gasteiger partial charge in [0.15, 0.2) is 10.8 Å². The predicted molar refractivity (Wildman–Crippen MR) is 59.7 cm³/mol. The number of rotatable bonds is 5. The van der Waals surface area contributed by atoms with Crippen LogP contribution in [0.2, 0.25) is 5.15 Å². The Morgan fingerprint density at radius 1 is 1.39 bits per heavy atom. The van der Waals surface area contributed by atoms with Crippen molar-refractivity contribution in [3.05, 3.63) is 23.0 Å². The van der Waals surface area contributed by atoms with Crippen LogP contribution in [0.4, 0.5) is 0 Å². The number of amides is 2. The predicted octanol–water partition coefficient (Wildman–Crippen LogP) is -0.812. The molecule has 96 valence electrons. The Balaban J connectivity index is 2.75. The highest BCUT2D eigenvalue weighted by Gasteiger charge is 2.23. The Kier molecular flexibility index (Phi) is 4.55. The Morgan fingerprint density at radius 3 is 2.50 bits per heavy atom. The van der Waals surface area contributed by atoms with Crippen molar-refractivity contribution in [2.24, 2.45) is 5.73 Å². The van der Waals surface area contributed by atoms with Crippen LogP contribution in [0.1, 0.15) is 16.9 Å². The average molecular weight is 273 g/mol. The van der Waals surface area contributed by atoms with E-state index in [0.29, 0.717) is 0 Å². The molecule has 1 atom stereocenters. The van der Waals surface area contributed by atoms with E-state index < -0.39 is 30.2 Å². The fraction of sp³-hybridized carbons (Fsp3) is 0.222. The first-order valence-electron chi connectivity index (χ1n) is 4.71. The van der Waals surface area contributed by atoms with Crippen LogP contribution >= 0.6 is 11.6 Å². The van der Waals surface area contributed by atoms with Gasteiger partial charge in [-0.1, -0.05) is 11.6 Å². The highest BCUT2D eigenvalue weighted by Crippen LogP contribution is 2.03. The summed E-state index contributed by atoms with van der Waals surface area (Å²) in [6, 6.07) is 1.19. The van der Waals surface area contributed by atoms with Gasteiger partial charge in [0.2, 0.25) is 5.91 Å². The molecular formula is C9H9ClN4O4. The van der Waals surface area contributed by atoms with Crippen molar-refractivity contribution in [3.8, 4) is 0 Å². The summed E-state index contributed by atoms with van der Waals surface area (Å²) in [5.41, 5.74) is 4.75. The number of carboxylic acids is 1. The van der Waals surface area contributed by atoms with Crippen molar-refractivity contribution >= 4 is 29.4 Å². The monoisotopic (exact) mass is 272 g/mol. The standard InChI is InChI=1S/C9H9ClN4O4/c10-6-2-1-4(13-14-6)8(16)12-5(9(17)18)3-7(11)15/h1-2,5H,3H2,(H2,11,15)(H,12,16)(H,17,18)/t5-/m1/s1. The summed E-state index contributed by atoms with van der Waals surface area (Å²) in [6.45, 7) is 0. The number of aromatic nitrogens is 2. The molecule has 2 amide bonds. The van der Waals surface area contributed by atoms with Gasteiger partial charge in [-0.3, -0.25) is 9.59 Å². The van der Waals surface area contributed by atoms with Crippen molar-refractivity contribution in [3.63, 3.8) is 0 Å². The van der Waals surface area contributed by atoms with Crippen molar-refractivity contribution in [1.29, 1.82) is 0 Å². The molecule has 1 aromatic heterocycles. The minimum atomic E-state index is -1.41. The van der Waals surface area contributed by atoms with E-state index in [1.807, 2.05) is 0 Å². The molecule has 0 aromatic carbocycles. The first-order valence-corrected chi connectivity index (χ1v) is 5.09. The number of carbonyl (C=O) groups excluding carboxylic acids is 2. The number of nitrogens with zero attached hydrogens (tertiary/aromatic N) is 2. The maximum Gasteiger partial charge on any atom is 0.326 e. The lowest BCUT2D eigenvalue weighted by Crippen LogP contribution is -2.43. The third kappa shape index (κ3) is 3.98. The molecule has 1 aromatic rings. The normalized spacial score (nSPS) is 11.6. The van der Waals surface area contributed by atoms with Crippen LogP contribution in [0.15, 0.2) is 12.1 Å². The quantitative estimate of drug-likeness (QED) is 0.641. The zero-order chi connectivity index (χ0) is 13.7. The summed E-state index contributed by atoms with van der Waals surface area (Å²) in [4.78, 5) is 33.0. The van der Waals surface area contributed by atoms with E-state index in [0.717, 1.165) is 0 Å². The molecule has 0 radical (unpaired) electrons. The average Bonchev–Trinajstić information content (AvgIpc) is 2.28. The Labute approximate surface area is 106 Å². The van der Waals surface area contributed by atoms with E-state index in [-0.39, 0.29) is 10.8 Å². The van der Waals surface area contributed by atoms with Gasteiger partial charge in [0.05, 0.1) is 6.42 Å². The van der Waals surface area contributed by atoms with Crippen LogP contribution in [0.5, 0.6) is 0 Å². The maximum absolute atomic E-state index is 11.6. The topological polar surface area (TPSA) is 135 Å². The SMILES string of the molecule is NC(=O)C[C@@H](NC(=O)c1ccc(Cl)nn1)C(=O)O. The second-order valence-corrected chi connectivity index (χ2v) is 3.66. The highest BCUT2D eigenvalue weighted by atomic mass is 35.5. The fourth-order valence-electron chi connectivity index (χ4n) is 1.07. The second kappa shape index (κ2) is 5.92. The Bertz CT molecular complexity index is 476. The molecule has 8 nitrogen and oxygen atoms in total. The first kappa shape index (κ1) is 13.8. The number of halogens is 1. The molecule has 1 heterocycles. The lowest BCUT2D eigenvalue weighted by atomic mass is 10.2. The number of carboxylic acid groups (broad SMARTS) is 1. The minimum absolute atomic E-state index is 0.0958.